The summed E-state index contributed by atoms with van der Waals surface area (Å²) in [6, 6.07) is 1.95. The van der Waals surface area contributed by atoms with E-state index in [0.717, 1.165) is 24.4 Å². The van der Waals surface area contributed by atoms with Crippen molar-refractivity contribution < 1.29 is 5.11 Å². The third kappa shape index (κ3) is 1.83. The van der Waals surface area contributed by atoms with Crippen molar-refractivity contribution >= 4 is 11.3 Å². The van der Waals surface area contributed by atoms with Crippen LogP contribution in [0.2, 0.25) is 0 Å². The average Bonchev–Trinajstić information content (AvgIpc) is 2.59. The van der Waals surface area contributed by atoms with E-state index < -0.39 is 0 Å². The van der Waals surface area contributed by atoms with E-state index in [1.54, 1.807) is 11.3 Å². The van der Waals surface area contributed by atoms with Gasteiger partial charge in [-0.05, 0) is 25.1 Å². The third-order valence-electron chi connectivity index (χ3n) is 2.64. The van der Waals surface area contributed by atoms with Crippen molar-refractivity contribution in [2.75, 3.05) is 20.2 Å². The van der Waals surface area contributed by atoms with Crippen molar-refractivity contribution in [2.45, 2.75) is 19.0 Å². The molecule has 14 heavy (non-hydrogen) atoms. The van der Waals surface area contributed by atoms with Crippen LogP contribution in [0.3, 0.4) is 0 Å². The summed E-state index contributed by atoms with van der Waals surface area (Å²) in [6.45, 7) is 2.18. The minimum Gasteiger partial charge on any atom is -0.394 e. The van der Waals surface area contributed by atoms with Gasteiger partial charge in [0.2, 0.25) is 0 Å². The molecule has 3 N–H and O–H groups in total. The van der Waals surface area contributed by atoms with Crippen molar-refractivity contribution in [3.05, 3.63) is 21.4 Å². The van der Waals surface area contributed by atoms with E-state index in [2.05, 4.69) is 18.0 Å². The van der Waals surface area contributed by atoms with E-state index in [1.807, 2.05) is 0 Å². The summed E-state index contributed by atoms with van der Waals surface area (Å²) in [5.41, 5.74) is 7.18. The first-order chi connectivity index (χ1) is 6.70. The molecule has 0 spiro atoms. The molecule has 1 atom stereocenters. The van der Waals surface area contributed by atoms with Gasteiger partial charge in [-0.3, -0.25) is 0 Å². The van der Waals surface area contributed by atoms with Gasteiger partial charge in [0.05, 0.1) is 12.6 Å². The average molecular weight is 212 g/mol. The van der Waals surface area contributed by atoms with E-state index in [-0.39, 0.29) is 12.6 Å². The highest BCUT2D eigenvalue weighted by molar-refractivity contribution is 7.12. The van der Waals surface area contributed by atoms with Crippen LogP contribution in [0.25, 0.3) is 0 Å². The molecule has 2 rings (SSSR count). The summed E-state index contributed by atoms with van der Waals surface area (Å²) in [6.07, 6.45) is 1.12. The molecule has 0 amide bonds. The molecule has 1 aromatic rings. The topological polar surface area (TPSA) is 49.5 Å². The zero-order chi connectivity index (χ0) is 10.1. The number of aliphatic hydroxyl groups excluding tert-OH is 1. The van der Waals surface area contributed by atoms with Crippen LogP contribution in [0.1, 0.15) is 21.4 Å². The molecule has 0 bridgehead atoms. The SMILES string of the molecule is CN1CCc2sc(C(N)CO)cc2C1. The van der Waals surface area contributed by atoms with Gasteiger partial charge in [0.15, 0.2) is 0 Å². The summed E-state index contributed by atoms with van der Waals surface area (Å²) in [4.78, 5) is 4.87. The van der Waals surface area contributed by atoms with Crippen LogP contribution >= 0.6 is 11.3 Å². The molecule has 1 aromatic heterocycles. The van der Waals surface area contributed by atoms with Crippen molar-refractivity contribution in [3.63, 3.8) is 0 Å². The maximum Gasteiger partial charge on any atom is 0.0632 e. The monoisotopic (exact) mass is 212 g/mol. The van der Waals surface area contributed by atoms with Crippen molar-refractivity contribution in [1.29, 1.82) is 0 Å². The number of likely N-dealkylation sites (N-methyl/N-ethyl adjacent to an activating group) is 1. The first-order valence-electron chi connectivity index (χ1n) is 4.87. The molecular formula is C10H16N2OS. The van der Waals surface area contributed by atoms with Crippen LogP contribution in [-0.4, -0.2) is 30.2 Å². The first-order valence-corrected chi connectivity index (χ1v) is 5.69. The fourth-order valence-electron chi connectivity index (χ4n) is 1.77. The van der Waals surface area contributed by atoms with E-state index in [0.29, 0.717) is 0 Å². The lowest BCUT2D eigenvalue weighted by Crippen LogP contribution is -2.25. The standard InChI is InChI=1S/C10H16N2OS/c1-12-3-2-9-7(5-12)4-10(14-9)8(11)6-13/h4,8,13H,2-3,5-6,11H2,1H3. The van der Waals surface area contributed by atoms with Crippen molar-refractivity contribution in [1.82, 2.24) is 4.90 Å². The zero-order valence-electron chi connectivity index (χ0n) is 8.36. The van der Waals surface area contributed by atoms with E-state index in [4.69, 9.17) is 10.8 Å². The molecule has 3 nitrogen and oxygen atoms in total. The summed E-state index contributed by atoms with van der Waals surface area (Å²) < 4.78 is 0. The molecule has 78 valence electrons. The molecule has 4 heteroatoms. The zero-order valence-corrected chi connectivity index (χ0v) is 9.18. The maximum absolute atomic E-state index is 8.97. The largest absolute Gasteiger partial charge is 0.394 e. The molecule has 0 radical (unpaired) electrons. The van der Waals surface area contributed by atoms with Crippen molar-refractivity contribution in [3.8, 4) is 0 Å². The Morgan fingerprint density at radius 1 is 1.71 bits per heavy atom. The summed E-state index contributed by atoms with van der Waals surface area (Å²) in [5, 5.41) is 8.97. The third-order valence-corrected chi connectivity index (χ3v) is 4.01. The second-order valence-electron chi connectivity index (χ2n) is 3.87. The number of nitrogens with two attached hydrogens (primary N) is 1. The normalized spacial score (nSPS) is 19.4. The molecule has 0 fully saturated rings. The van der Waals surface area contributed by atoms with Gasteiger partial charge in [-0.25, -0.2) is 0 Å². The lowest BCUT2D eigenvalue weighted by Gasteiger charge is -2.21. The van der Waals surface area contributed by atoms with Gasteiger partial charge in [0.1, 0.15) is 0 Å². The predicted octanol–water partition coefficient (Wildman–Crippen LogP) is 0.728. The highest BCUT2D eigenvalue weighted by atomic mass is 32.1. The van der Waals surface area contributed by atoms with Gasteiger partial charge in [-0.1, -0.05) is 0 Å². The van der Waals surface area contributed by atoms with Gasteiger partial charge in [0.25, 0.3) is 0 Å². The van der Waals surface area contributed by atoms with Gasteiger partial charge in [-0.2, -0.15) is 0 Å². The first kappa shape index (κ1) is 10.1. The number of rotatable bonds is 2. The Morgan fingerprint density at radius 3 is 3.21 bits per heavy atom. The molecule has 2 heterocycles. The van der Waals surface area contributed by atoms with Gasteiger partial charge in [0, 0.05) is 22.8 Å². The number of thiophene rings is 1. The van der Waals surface area contributed by atoms with Gasteiger partial charge >= 0.3 is 0 Å². The Morgan fingerprint density at radius 2 is 2.50 bits per heavy atom. The Bertz CT molecular complexity index is 324. The number of hydrogen-bond donors (Lipinski definition) is 2. The Balaban J connectivity index is 2.23. The minimum atomic E-state index is -0.198. The number of fused-ring (bicyclic) bond motifs is 1. The summed E-state index contributed by atoms with van der Waals surface area (Å²) in [5.74, 6) is 0. The quantitative estimate of drug-likeness (QED) is 0.760. The Labute approximate surface area is 88.1 Å². The number of nitrogens with zero attached hydrogens (tertiary/aromatic N) is 1. The van der Waals surface area contributed by atoms with Crippen LogP contribution in [0, 0.1) is 0 Å². The lowest BCUT2D eigenvalue weighted by molar-refractivity contribution is 0.269. The maximum atomic E-state index is 8.97. The second-order valence-corrected chi connectivity index (χ2v) is 5.04. The summed E-state index contributed by atoms with van der Waals surface area (Å²) >= 11 is 1.76. The van der Waals surface area contributed by atoms with Gasteiger partial charge < -0.3 is 15.7 Å². The molecule has 0 aromatic carbocycles. The highest BCUT2D eigenvalue weighted by Gasteiger charge is 2.18. The molecule has 1 aliphatic rings. The molecule has 0 aliphatic carbocycles. The van der Waals surface area contributed by atoms with E-state index in [9.17, 15) is 0 Å². The smallest absolute Gasteiger partial charge is 0.0632 e. The van der Waals surface area contributed by atoms with E-state index in [1.165, 1.54) is 10.4 Å². The van der Waals surface area contributed by atoms with Crippen LogP contribution in [0.15, 0.2) is 6.07 Å². The fraction of sp³-hybridized carbons (Fsp3) is 0.600. The van der Waals surface area contributed by atoms with Crippen LogP contribution in [0.5, 0.6) is 0 Å². The highest BCUT2D eigenvalue weighted by Crippen LogP contribution is 2.30. The fourth-order valence-corrected chi connectivity index (χ4v) is 2.93. The van der Waals surface area contributed by atoms with Gasteiger partial charge in [-0.15, -0.1) is 11.3 Å². The minimum absolute atomic E-state index is 0.0369. The lowest BCUT2D eigenvalue weighted by atomic mass is 10.1. The molecular weight excluding hydrogens is 196 g/mol. The summed E-state index contributed by atoms with van der Waals surface area (Å²) in [7, 11) is 2.13. The molecule has 1 aliphatic heterocycles. The number of aliphatic hydroxyl groups is 1. The van der Waals surface area contributed by atoms with Crippen LogP contribution in [-0.2, 0) is 13.0 Å². The molecule has 0 saturated carbocycles. The predicted molar refractivity (Wildman–Crippen MR) is 58.4 cm³/mol. The Hall–Kier alpha value is -0.420. The number of hydrogen-bond acceptors (Lipinski definition) is 4. The Kier molecular flexibility index (Phi) is 2.88. The van der Waals surface area contributed by atoms with Crippen LogP contribution < -0.4 is 5.73 Å². The molecule has 1 unspecified atom stereocenters. The second kappa shape index (κ2) is 3.98. The molecule has 0 saturated heterocycles. The van der Waals surface area contributed by atoms with Crippen molar-refractivity contribution in [2.24, 2.45) is 5.73 Å². The van der Waals surface area contributed by atoms with Crippen LogP contribution in [0.4, 0.5) is 0 Å². The van der Waals surface area contributed by atoms with E-state index >= 15 is 0 Å².